The molecule has 4 rings (SSSR count). The Labute approximate surface area is 258 Å². The van der Waals surface area contributed by atoms with Gasteiger partial charge in [0.1, 0.15) is 0 Å². The van der Waals surface area contributed by atoms with Gasteiger partial charge >= 0.3 is 11.9 Å². The second kappa shape index (κ2) is 13.6. The third-order valence-electron chi connectivity index (χ3n) is 9.47. The SMILES string of the molecule is C=CC1=C(C)[C@@H](Cc2[nH]c(C[C@H]3N=C(C[C@H]4NC(=O)[C@@H](C)/C4=C\C)C(C)=C3CCC(=O)O)c(CCC(=O)OC)c2C)NC1=O. The van der Waals surface area contributed by atoms with Gasteiger partial charge in [0.25, 0.3) is 5.91 Å². The maximum Gasteiger partial charge on any atom is 0.305 e. The molecule has 4 N–H and O–H groups in total. The molecule has 1 aromatic heterocycles. The summed E-state index contributed by atoms with van der Waals surface area (Å²) in [7, 11) is 1.37. The number of carbonyl (C=O) groups excluding carboxylic acids is 3. The van der Waals surface area contributed by atoms with Crippen LogP contribution in [0.15, 0.2) is 51.6 Å². The van der Waals surface area contributed by atoms with Crippen molar-refractivity contribution in [3.05, 3.63) is 69.1 Å². The Bertz CT molecular complexity index is 1510. The molecule has 4 atom stereocenters. The van der Waals surface area contributed by atoms with E-state index in [1.54, 1.807) is 6.08 Å². The molecule has 3 aliphatic heterocycles. The number of aromatic nitrogens is 1. The molecule has 0 aliphatic carbocycles. The first kappa shape index (κ1) is 32.7. The summed E-state index contributed by atoms with van der Waals surface area (Å²) in [5, 5.41) is 15.6. The van der Waals surface area contributed by atoms with E-state index in [0.29, 0.717) is 37.7 Å². The molecule has 2 amide bonds. The Balaban J connectivity index is 1.67. The first-order valence-corrected chi connectivity index (χ1v) is 15.2. The van der Waals surface area contributed by atoms with Crippen LogP contribution in [0.4, 0.5) is 0 Å². The zero-order chi connectivity index (χ0) is 32.3. The van der Waals surface area contributed by atoms with Crippen LogP contribution in [-0.4, -0.2) is 64.8 Å². The number of nitrogens with zero attached hydrogens (tertiary/aromatic N) is 1. The van der Waals surface area contributed by atoms with Gasteiger partial charge in [0.2, 0.25) is 5.91 Å². The molecule has 236 valence electrons. The van der Waals surface area contributed by atoms with Crippen LogP contribution in [0, 0.1) is 12.8 Å². The summed E-state index contributed by atoms with van der Waals surface area (Å²) >= 11 is 0. The molecule has 0 spiro atoms. The van der Waals surface area contributed by atoms with Crippen LogP contribution >= 0.6 is 0 Å². The van der Waals surface area contributed by atoms with Gasteiger partial charge in [-0.1, -0.05) is 18.7 Å². The number of carboxylic acids is 1. The van der Waals surface area contributed by atoms with Crippen molar-refractivity contribution >= 4 is 29.5 Å². The largest absolute Gasteiger partial charge is 0.481 e. The summed E-state index contributed by atoms with van der Waals surface area (Å²) in [4.78, 5) is 57.3. The average Bonchev–Trinajstić information content (AvgIpc) is 3.63. The van der Waals surface area contributed by atoms with E-state index in [-0.39, 0.29) is 54.7 Å². The highest BCUT2D eigenvalue weighted by Gasteiger charge is 2.36. The van der Waals surface area contributed by atoms with E-state index < -0.39 is 5.97 Å². The number of amides is 2. The highest BCUT2D eigenvalue weighted by atomic mass is 16.5. The molecule has 10 nitrogen and oxygen atoms in total. The van der Waals surface area contributed by atoms with Crippen molar-refractivity contribution in [3.8, 4) is 0 Å². The predicted molar refractivity (Wildman–Crippen MR) is 168 cm³/mol. The third kappa shape index (κ3) is 6.64. The number of hydrogen-bond acceptors (Lipinski definition) is 6. The van der Waals surface area contributed by atoms with Gasteiger partial charge in [-0.05, 0) is 80.9 Å². The number of hydrogen-bond donors (Lipinski definition) is 4. The molecular formula is C34H44N4O6. The number of carboxylic acid groups (broad SMARTS) is 1. The van der Waals surface area contributed by atoms with Crippen molar-refractivity contribution < 1.29 is 29.0 Å². The lowest BCUT2D eigenvalue weighted by atomic mass is 9.91. The number of nitrogens with one attached hydrogen (secondary N) is 3. The fraction of sp³-hybridized carbons (Fsp3) is 0.500. The van der Waals surface area contributed by atoms with Crippen molar-refractivity contribution in [1.29, 1.82) is 0 Å². The van der Waals surface area contributed by atoms with E-state index in [2.05, 4.69) is 22.2 Å². The second-order valence-corrected chi connectivity index (χ2v) is 11.9. The van der Waals surface area contributed by atoms with Crippen LogP contribution in [0.25, 0.3) is 0 Å². The summed E-state index contributed by atoms with van der Waals surface area (Å²) in [6, 6.07) is -0.608. The fourth-order valence-electron chi connectivity index (χ4n) is 6.79. The fourth-order valence-corrected chi connectivity index (χ4v) is 6.79. The van der Waals surface area contributed by atoms with E-state index in [4.69, 9.17) is 9.73 Å². The topological polar surface area (TPSA) is 150 Å². The number of aliphatic carboxylic acids is 1. The third-order valence-corrected chi connectivity index (χ3v) is 9.47. The molecule has 44 heavy (non-hydrogen) atoms. The van der Waals surface area contributed by atoms with Crippen molar-refractivity contribution in [3.63, 3.8) is 0 Å². The van der Waals surface area contributed by atoms with E-state index in [0.717, 1.165) is 50.5 Å². The lowest BCUT2D eigenvalue weighted by Gasteiger charge is -2.14. The van der Waals surface area contributed by atoms with Crippen LogP contribution in [0.3, 0.4) is 0 Å². The molecule has 0 radical (unpaired) electrons. The minimum atomic E-state index is -0.872. The number of aromatic amines is 1. The van der Waals surface area contributed by atoms with E-state index in [1.165, 1.54) is 7.11 Å². The first-order valence-electron chi connectivity index (χ1n) is 15.2. The minimum Gasteiger partial charge on any atom is -0.481 e. The van der Waals surface area contributed by atoms with Gasteiger partial charge in [0.15, 0.2) is 0 Å². The summed E-state index contributed by atoms with van der Waals surface area (Å²) in [6.07, 6.45) is 6.22. The number of aliphatic imine (C=N–C) groups is 1. The van der Waals surface area contributed by atoms with E-state index in [9.17, 15) is 24.3 Å². The summed E-state index contributed by atoms with van der Waals surface area (Å²) < 4.78 is 4.91. The Kier molecular flexibility index (Phi) is 10.1. The van der Waals surface area contributed by atoms with Crippen molar-refractivity contribution in [2.75, 3.05) is 7.11 Å². The normalized spacial score (nSPS) is 24.2. The quantitative estimate of drug-likeness (QED) is 0.198. The van der Waals surface area contributed by atoms with Gasteiger partial charge in [0.05, 0.1) is 31.2 Å². The smallest absolute Gasteiger partial charge is 0.305 e. The van der Waals surface area contributed by atoms with Gasteiger partial charge in [-0.15, -0.1) is 0 Å². The Hall–Kier alpha value is -4.21. The van der Waals surface area contributed by atoms with Gasteiger partial charge in [0, 0.05) is 54.8 Å². The van der Waals surface area contributed by atoms with E-state index in [1.807, 2.05) is 40.7 Å². The molecule has 1 saturated heterocycles. The molecule has 4 heterocycles. The molecule has 10 heteroatoms. The van der Waals surface area contributed by atoms with Crippen molar-refractivity contribution in [1.82, 2.24) is 15.6 Å². The zero-order valence-electron chi connectivity index (χ0n) is 26.6. The van der Waals surface area contributed by atoms with Gasteiger partial charge in [-0.3, -0.25) is 24.2 Å². The Morgan fingerprint density at radius 3 is 2.36 bits per heavy atom. The molecule has 0 bridgehead atoms. The number of methoxy groups -OCH3 is 1. The summed E-state index contributed by atoms with van der Waals surface area (Å²) in [5.41, 5.74) is 9.33. The number of carbonyl (C=O) groups is 4. The van der Waals surface area contributed by atoms with Gasteiger partial charge in [-0.2, -0.15) is 0 Å². The molecule has 0 saturated carbocycles. The van der Waals surface area contributed by atoms with Crippen LogP contribution in [0.5, 0.6) is 0 Å². The molecule has 1 fully saturated rings. The summed E-state index contributed by atoms with van der Waals surface area (Å²) in [5.74, 6) is -1.50. The Morgan fingerprint density at radius 1 is 1.02 bits per heavy atom. The molecule has 0 unspecified atom stereocenters. The van der Waals surface area contributed by atoms with Crippen LogP contribution in [0.2, 0.25) is 0 Å². The predicted octanol–water partition coefficient (Wildman–Crippen LogP) is 3.99. The summed E-state index contributed by atoms with van der Waals surface area (Å²) in [6.45, 7) is 13.6. The highest BCUT2D eigenvalue weighted by molar-refractivity contribution is 6.04. The molecular weight excluding hydrogens is 560 g/mol. The maximum atomic E-state index is 12.4. The average molecular weight is 605 g/mol. The second-order valence-electron chi connectivity index (χ2n) is 11.9. The van der Waals surface area contributed by atoms with Crippen LogP contribution < -0.4 is 10.6 Å². The van der Waals surface area contributed by atoms with E-state index >= 15 is 0 Å². The number of H-pyrrole nitrogens is 1. The number of ether oxygens (including phenoxy) is 1. The lowest BCUT2D eigenvalue weighted by Crippen LogP contribution is -2.30. The maximum absolute atomic E-state index is 12.4. The van der Waals surface area contributed by atoms with Crippen molar-refractivity contribution in [2.24, 2.45) is 10.9 Å². The standard InChI is InChI=1S/C34H44N4O6/c1-8-21-20(6)33(42)38-28(21)15-26-18(4)23(10-12-31(39)40)29(36-26)16-30-24(11-13-32(41)44-7)19(5)25(35-30)14-27-17(3)22(9-2)34(43)37-27/h8-9,20,27-29,35H,2,10-16H2,1,3-7H3,(H,37,43)(H,38,42)(H,39,40)/b21-8+/t20-,27+,28+,29+/m0/s1. The monoisotopic (exact) mass is 604 g/mol. The Morgan fingerprint density at radius 2 is 1.75 bits per heavy atom. The van der Waals surface area contributed by atoms with Gasteiger partial charge < -0.3 is 25.5 Å². The highest BCUT2D eigenvalue weighted by Crippen LogP contribution is 2.34. The van der Waals surface area contributed by atoms with Crippen LogP contribution in [0.1, 0.15) is 75.9 Å². The van der Waals surface area contributed by atoms with Crippen LogP contribution in [-0.2, 0) is 43.2 Å². The van der Waals surface area contributed by atoms with Gasteiger partial charge in [-0.25, -0.2) is 0 Å². The molecule has 1 aromatic rings. The first-order chi connectivity index (χ1) is 20.9. The lowest BCUT2D eigenvalue weighted by molar-refractivity contribution is -0.140. The number of rotatable bonds is 13. The van der Waals surface area contributed by atoms with Crippen molar-refractivity contribution in [2.45, 2.75) is 97.7 Å². The zero-order valence-corrected chi connectivity index (χ0v) is 26.6. The number of allylic oxidation sites excluding steroid dienone is 2. The molecule has 3 aliphatic rings. The number of esters is 1. The minimum absolute atomic E-state index is 0.000589. The molecule has 0 aromatic carbocycles.